The van der Waals surface area contributed by atoms with Gasteiger partial charge in [0, 0.05) is 28.5 Å². The minimum absolute atomic E-state index is 0.0622. The molecule has 0 radical (unpaired) electrons. The summed E-state index contributed by atoms with van der Waals surface area (Å²) in [5.74, 6) is -0.504. The Bertz CT molecular complexity index is 1030. The van der Waals surface area contributed by atoms with Crippen LogP contribution in [0, 0.1) is 5.82 Å². The molecule has 0 atom stereocenters. The summed E-state index contributed by atoms with van der Waals surface area (Å²) in [6, 6.07) is 14.0. The second-order valence-electron chi connectivity index (χ2n) is 5.74. The fourth-order valence-electron chi connectivity index (χ4n) is 2.59. The third-order valence-corrected chi connectivity index (χ3v) is 4.34. The van der Waals surface area contributed by atoms with Crippen molar-refractivity contribution in [2.24, 2.45) is 0 Å². The first-order valence-corrected chi connectivity index (χ1v) is 8.45. The lowest BCUT2D eigenvalue weighted by Gasteiger charge is -2.11. The van der Waals surface area contributed by atoms with Crippen LogP contribution in [-0.2, 0) is 6.54 Å². The molecule has 0 fully saturated rings. The number of halogens is 2. The molecule has 138 valence electrons. The van der Waals surface area contributed by atoms with Crippen LogP contribution in [0.2, 0.25) is 5.02 Å². The average Bonchev–Trinajstić information content (AvgIpc) is 2.66. The number of ether oxygens (including phenoxy) is 1. The number of methoxy groups -OCH3 is 1. The van der Waals surface area contributed by atoms with Crippen LogP contribution in [0.25, 0.3) is 0 Å². The Labute approximate surface area is 160 Å². The quantitative estimate of drug-likeness (QED) is 0.722. The highest BCUT2D eigenvalue weighted by Crippen LogP contribution is 2.20. The molecule has 27 heavy (non-hydrogen) atoms. The lowest BCUT2D eigenvalue weighted by molar-refractivity contribution is 0.102. The van der Waals surface area contributed by atoms with Gasteiger partial charge in [-0.15, -0.1) is 0 Å². The van der Waals surface area contributed by atoms with Crippen LogP contribution in [0.3, 0.4) is 0 Å². The number of hydrogen-bond donors (Lipinski definition) is 1. The van der Waals surface area contributed by atoms with E-state index in [1.807, 2.05) is 0 Å². The molecule has 1 aromatic heterocycles. The minimum atomic E-state index is -0.567. The van der Waals surface area contributed by atoms with Gasteiger partial charge in [-0.25, -0.2) is 4.39 Å². The number of hydrogen-bond acceptors (Lipinski definition) is 3. The largest absolute Gasteiger partial charge is 0.497 e. The Hall–Kier alpha value is -3.12. The van der Waals surface area contributed by atoms with Crippen molar-refractivity contribution in [2.45, 2.75) is 6.54 Å². The molecule has 3 rings (SSSR count). The zero-order chi connectivity index (χ0) is 19.4. The number of nitrogens with one attached hydrogen (secondary N) is 1. The van der Waals surface area contributed by atoms with Crippen molar-refractivity contribution in [2.75, 3.05) is 12.4 Å². The molecule has 1 amide bonds. The maximum atomic E-state index is 14.0. The minimum Gasteiger partial charge on any atom is -0.497 e. The molecule has 3 aromatic rings. The number of benzene rings is 2. The fourth-order valence-corrected chi connectivity index (χ4v) is 2.81. The van der Waals surface area contributed by atoms with Gasteiger partial charge in [-0.05, 0) is 36.4 Å². The van der Waals surface area contributed by atoms with Gasteiger partial charge in [-0.2, -0.15) is 0 Å². The van der Waals surface area contributed by atoms with E-state index in [0.717, 1.165) is 0 Å². The van der Waals surface area contributed by atoms with Crippen molar-refractivity contribution < 1.29 is 13.9 Å². The maximum absolute atomic E-state index is 14.0. The standard InChI is InChI=1S/C20H16ClFN2O3/c1-27-14-6-2-5-13(11-14)23-19(25)15-7-4-10-24(20(15)26)12-16-17(21)8-3-9-18(16)22/h2-11H,12H2,1H3,(H,23,25). The van der Waals surface area contributed by atoms with Gasteiger partial charge in [0.25, 0.3) is 11.5 Å². The molecule has 1 N–H and O–H groups in total. The number of carbonyl (C=O) groups is 1. The summed E-state index contributed by atoms with van der Waals surface area (Å²) in [4.78, 5) is 25.2. The monoisotopic (exact) mass is 386 g/mol. The van der Waals surface area contributed by atoms with Gasteiger partial charge in [0.15, 0.2) is 0 Å². The second-order valence-corrected chi connectivity index (χ2v) is 6.15. The summed E-state index contributed by atoms with van der Waals surface area (Å²) in [6.45, 7) is -0.0788. The Kier molecular flexibility index (Phi) is 5.57. The van der Waals surface area contributed by atoms with Crippen LogP contribution in [-0.4, -0.2) is 17.6 Å². The molecular formula is C20H16ClFN2O3. The van der Waals surface area contributed by atoms with Crippen LogP contribution in [0.4, 0.5) is 10.1 Å². The van der Waals surface area contributed by atoms with Gasteiger partial charge >= 0.3 is 0 Å². The van der Waals surface area contributed by atoms with Gasteiger partial charge in [0.1, 0.15) is 17.1 Å². The molecule has 0 aliphatic rings. The molecule has 0 saturated heterocycles. The van der Waals surface area contributed by atoms with Crippen LogP contribution in [0.15, 0.2) is 65.6 Å². The van der Waals surface area contributed by atoms with E-state index in [2.05, 4.69) is 5.32 Å². The predicted molar refractivity (Wildman–Crippen MR) is 102 cm³/mol. The van der Waals surface area contributed by atoms with Crippen molar-refractivity contribution in [1.29, 1.82) is 0 Å². The van der Waals surface area contributed by atoms with Crippen molar-refractivity contribution in [1.82, 2.24) is 4.57 Å². The Balaban J connectivity index is 1.88. The van der Waals surface area contributed by atoms with E-state index >= 15 is 0 Å². The Morgan fingerprint density at radius 3 is 2.70 bits per heavy atom. The SMILES string of the molecule is COc1cccc(NC(=O)c2cccn(Cc3c(F)cccc3Cl)c2=O)c1. The summed E-state index contributed by atoms with van der Waals surface area (Å²) >= 11 is 6.02. The maximum Gasteiger partial charge on any atom is 0.263 e. The van der Waals surface area contributed by atoms with E-state index < -0.39 is 17.3 Å². The fraction of sp³-hybridized carbons (Fsp3) is 0.100. The highest BCUT2D eigenvalue weighted by atomic mass is 35.5. The number of aromatic nitrogens is 1. The zero-order valence-corrected chi connectivity index (χ0v) is 15.2. The molecular weight excluding hydrogens is 371 g/mol. The summed E-state index contributed by atoms with van der Waals surface area (Å²) in [5, 5.41) is 2.87. The van der Waals surface area contributed by atoms with Crippen molar-refractivity contribution in [3.8, 4) is 5.75 Å². The molecule has 1 heterocycles. The average molecular weight is 387 g/mol. The summed E-state index contributed by atoms with van der Waals surface area (Å²) in [7, 11) is 1.52. The van der Waals surface area contributed by atoms with Crippen molar-refractivity contribution in [3.63, 3.8) is 0 Å². The van der Waals surface area contributed by atoms with Crippen molar-refractivity contribution in [3.05, 3.63) is 93.1 Å². The Morgan fingerprint density at radius 1 is 1.19 bits per heavy atom. The van der Waals surface area contributed by atoms with Gasteiger partial charge in [-0.1, -0.05) is 23.7 Å². The van der Waals surface area contributed by atoms with Gasteiger partial charge in [0.05, 0.1) is 13.7 Å². The van der Waals surface area contributed by atoms with E-state index in [-0.39, 0.29) is 22.7 Å². The summed E-state index contributed by atoms with van der Waals surface area (Å²) < 4.78 is 20.3. The molecule has 5 nitrogen and oxygen atoms in total. The smallest absolute Gasteiger partial charge is 0.263 e. The summed E-state index contributed by atoms with van der Waals surface area (Å²) in [5.41, 5.74) is 0.0721. The van der Waals surface area contributed by atoms with Crippen LogP contribution in [0.5, 0.6) is 5.75 Å². The second kappa shape index (κ2) is 8.05. The van der Waals surface area contributed by atoms with Crippen LogP contribution < -0.4 is 15.6 Å². The zero-order valence-electron chi connectivity index (χ0n) is 14.4. The number of carbonyl (C=O) groups excluding carboxylic acids is 1. The topological polar surface area (TPSA) is 60.3 Å². The molecule has 0 bridgehead atoms. The first kappa shape index (κ1) is 18.7. The predicted octanol–water partition coefficient (Wildman–Crippen LogP) is 3.95. The van der Waals surface area contributed by atoms with Crippen LogP contribution in [0.1, 0.15) is 15.9 Å². The number of rotatable bonds is 5. The molecule has 0 aliphatic carbocycles. The highest BCUT2D eigenvalue weighted by molar-refractivity contribution is 6.31. The third-order valence-electron chi connectivity index (χ3n) is 3.98. The highest BCUT2D eigenvalue weighted by Gasteiger charge is 2.15. The lowest BCUT2D eigenvalue weighted by Crippen LogP contribution is -2.29. The van der Waals surface area contributed by atoms with E-state index in [9.17, 15) is 14.0 Å². The molecule has 2 aromatic carbocycles. The van der Waals surface area contributed by atoms with Crippen molar-refractivity contribution >= 4 is 23.2 Å². The molecule has 0 aliphatic heterocycles. The van der Waals surface area contributed by atoms with E-state index in [1.165, 1.54) is 36.1 Å². The van der Waals surface area contributed by atoms with E-state index in [4.69, 9.17) is 16.3 Å². The summed E-state index contributed by atoms with van der Waals surface area (Å²) in [6.07, 6.45) is 1.48. The molecule has 0 saturated carbocycles. The van der Waals surface area contributed by atoms with Gasteiger partial charge in [-0.3, -0.25) is 9.59 Å². The van der Waals surface area contributed by atoms with Crippen LogP contribution >= 0.6 is 11.6 Å². The normalized spacial score (nSPS) is 10.5. The number of amides is 1. The Morgan fingerprint density at radius 2 is 1.96 bits per heavy atom. The van der Waals surface area contributed by atoms with E-state index in [1.54, 1.807) is 36.4 Å². The first-order chi connectivity index (χ1) is 13.0. The van der Waals surface area contributed by atoms with Gasteiger partial charge in [0.2, 0.25) is 0 Å². The number of pyridine rings is 1. The van der Waals surface area contributed by atoms with E-state index in [0.29, 0.717) is 11.4 Å². The first-order valence-electron chi connectivity index (χ1n) is 8.07. The third kappa shape index (κ3) is 4.17. The van der Waals surface area contributed by atoms with Gasteiger partial charge < -0.3 is 14.6 Å². The number of anilines is 1. The number of nitrogens with zero attached hydrogens (tertiary/aromatic N) is 1. The lowest BCUT2D eigenvalue weighted by atomic mass is 10.2. The molecule has 0 unspecified atom stereocenters. The molecule has 0 spiro atoms. The molecule has 7 heteroatoms.